The van der Waals surface area contributed by atoms with Crippen molar-refractivity contribution in [2.45, 2.75) is 43.5 Å². The SMILES string of the molecule is CN(C)C(=O)CN=C(NCC1CCCCO1)NCC1CCCS1.I. The van der Waals surface area contributed by atoms with Crippen LogP contribution in [0.5, 0.6) is 0 Å². The zero-order chi connectivity index (χ0) is 16.5. The van der Waals surface area contributed by atoms with E-state index in [-0.39, 0.29) is 42.5 Å². The third-order valence-electron chi connectivity index (χ3n) is 4.16. The zero-order valence-electron chi connectivity index (χ0n) is 14.8. The average Bonchev–Trinajstić information content (AvgIpc) is 3.08. The lowest BCUT2D eigenvalue weighted by atomic mass is 10.1. The Morgan fingerprint density at radius 1 is 1.21 bits per heavy atom. The Kier molecular flexibility index (Phi) is 11.1. The quantitative estimate of drug-likeness (QED) is 0.352. The Hall–Kier alpha value is -0.220. The number of nitrogens with one attached hydrogen (secondary N) is 2. The number of likely N-dealkylation sites (N-methyl/N-ethyl adjacent to an activating group) is 1. The number of carbonyl (C=O) groups is 1. The van der Waals surface area contributed by atoms with Crippen LogP contribution >= 0.6 is 35.7 Å². The Morgan fingerprint density at radius 3 is 2.62 bits per heavy atom. The predicted octanol–water partition coefficient (Wildman–Crippen LogP) is 1.69. The van der Waals surface area contributed by atoms with Crippen molar-refractivity contribution in [3.8, 4) is 0 Å². The molecule has 8 heteroatoms. The highest BCUT2D eigenvalue weighted by molar-refractivity contribution is 14.0. The lowest BCUT2D eigenvalue weighted by Crippen LogP contribution is -2.44. The van der Waals surface area contributed by atoms with Crippen molar-refractivity contribution in [1.82, 2.24) is 15.5 Å². The molecule has 24 heavy (non-hydrogen) atoms. The molecule has 2 atom stereocenters. The summed E-state index contributed by atoms with van der Waals surface area (Å²) in [6.07, 6.45) is 6.28. The van der Waals surface area contributed by atoms with E-state index in [0.717, 1.165) is 38.5 Å². The molecule has 6 nitrogen and oxygen atoms in total. The molecule has 140 valence electrons. The Morgan fingerprint density at radius 2 is 2.00 bits per heavy atom. The van der Waals surface area contributed by atoms with Crippen molar-refractivity contribution in [2.24, 2.45) is 4.99 Å². The Labute approximate surface area is 166 Å². The van der Waals surface area contributed by atoms with E-state index in [9.17, 15) is 4.79 Å². The normalized spacial score (nSPS) is 24.2. The highest BCUT2D eigenvalue weighted by Crippen LogP contribution is 2.25. The minimum atomic E-state index is 0. The van der Waals surface area contributed by atoms with Crippen LogP contribution in [-0.4, -0.2) is 74.2 Å². The van der Waals surface area contributed by atoms with Crippen molar-refractivity contribution < 1.29 is 9.53 Å². The summed E-state index contributed by atoms with van der Waals surface area (Å²) < 4.78 is 5.75. The van der Waals surface area contributed by atoms with Crippen LogP contribution in [0.4, 0.5) is 0 Å². The first kappa shape index (κ1) is 21.8. The number of hydrogen-bond acceptors (Lipinski definition) is 4. The maximum Gasteiger partial charge on any atom is 0.243 e. The maximum atomic E-state index is 11.7. The molecular weight excluding hydrogens is 439 g/mol. The third kappa shape index (κ3) is 8.24. The predicted molar refractivity (Wildman–Crippen MR) is 111 cm³/mol. The van der Waals surface area contributed by atoms with Crippen molar-refractivity contribution >= 4 is 47.6 Å². The van der Waals surface area contributed by atoms with Gasteiger partial charge >= 0.3 is 0 Å². The molecular formula is C16H31IN4O2S. The summed E-state index contributed by atoms with van der Waals surface area (Å²) in [5, 5.41) is 7.38. The van der Waals surface area contributed by atoms with E-state index in [1.54, 1.807) is 19.0 Å². The summed E-state index contributed by atoms with van der Waals surface area (Å²) in [4.78, 5) is 17.7. The molecule has 2 N–H and O–H groups in total. The van der Waals surface area contributed by atoms with Crippen LogP contribution in [0.2, 0.25) is 0 Å². The second-order valence-electron chi connectivity index (χ2n) is 6.34. The molecule has 0 radical (unpaired) electrons. The minimum absolute atomic E-state index is 0. The summed E-state index contributed by atoms with van der Waals surface area (Å²) in [7, 11) is 3.51. The van der Waals surface area contributed by atoms with Crippen LogP contribution in [0.15, 0.2) is 4.99 Å². The topological polar surface area (TPSA) is 66.0 Å². The van der Waals surface area contributed by atoms with Gasteiger partial charge in [0.25, 0.3) is 0 Å². The number of nitrogens with zero attached hydrogens (tertiary/aromatic N) is 2. The fourth-order valence-electron chi connectivity index (χ4n) is 2.66. The van der Waals surface area contributed by atoms with Gasteiger partial charge in [0.05, 0.1) is 6.10 Å². The number of guanidine groups is 1. The van der Waals surface area contributed by atoms with E-state index < -0.39 is 0 Å². The van der Waals surface area contributed by atoms with E-state index in [2.05, 4.69) is 15.6 Å². The van der Waals surface area contributed by atoms with Gasteiger partial charge in [0.1, 0.15) is 6.54 Å². The molecule has 2 aliphatic rings. The molecule has 0 spiro atoms. The molecule has 0 aromatic carbocycles. The molecule has 0 saturated carbocycles. The molecule has 1 amide bonds. The number of ether oxygens (including phenoxy) is 1. The number of halogens is 1. The summed E-state index contributed by atoms with van der Waals surface area (Å²) in [5.74, 6) is 1.98. The lowest BCUT2D eigenvalue weighted by Gasteiger charge is -2.24. The first-order valence-corrected chi connectivity index (χ1v) is 9.65. The van der Waals surface area contributed by atoms with E-state index in [1.807, 2.05) is 11.8 Å². The van der Waals surface area contributed by atoms with Crippen molar-refractivity contribution in [2.75, 3.05) is 46.1 Å². The number of carbonyl (C=O) groups excluding carboxylic acids is 1. The second kappa shape index (κ2) is 12.2. The first-order valence-electron chi connectivity index (χ1n) is 8.60. The van der Waals surface area contributed by atoms with Gasteiger partial charge in [-0.25, -0.2) is 4.99 Å². The van der Waals surface area contributed by atoms with Crippen LogP contribution in [0.25, 0.3) is 0 Å². The second-order valence-corrected chi connectivity index (χ2v) is 7.75. The Balaban J connectivity index is 0.00000288. The highest BCUT2D eigenvalue weighted by Gasteiger charge is 2.17. The van der Waals surface area contributed by atoms with E-state index >= 15 is 0 Å². The molecule has 0 bridgehead atoms. The highest BCUT2D eigenvalue weighted by atomic mass is 127. The molecule has 2 aliphatic heterocycles. The van der Waals surface area contributed by atoms with E-state index in [1.165, 1.54) is 25.0 Å². The van der Waals surface area contributed by atoms with Gasteiger partial charge in [0, 0.05) is 39.0 Å². The molecule has 2 unspecified atom stereocenters. The van der Waals surface area contributed by atoms with E-state index in [0.29, 0.717) is 5.25 Å². The van der Waals surface area contributed by atoms with E-state index in [4.69, 9.17) is 4.74 Å². The van der Waals surface area contributed by atoms with Crippen molar-refractivity contribution in [3.05, 3.63) is 0 Å². The number of amides is 1. The molecule has 2 saturated heterocycles. The summed E-state index contributed by atoms with van der Waals surface area (Å²) in [6.45, 7) is 2.67. The number of thioether (sulfide) groups is 1. The monoisotopic (exact) mass is 470 g/mol. The molecule has 2 rings (SSSR count). The van der Waals surface area contributed by atoms with Crippen molar-refractivity contribution in [1.29, 1.82) is 0 Å². The molecule has 2 heterocycles. The average molecular weight is 470 g/mol. The van der Waals surface area contributed by atoms with Crippen LogP contribution < -0.4 is 10.6 Å². The van der Waals surface area contributed by atoms with Crippen LogP contribution in [-0.2, 0) is 9.53 Å². The van der Waals surface area contributed by atoms with Gasteiger partial charge < -0.3 is 20.3 Å². The van der Waals surface area contributed by atoms with Crippen LogP contribution in [0.1, 0.15) is 32.1 Å². The summed E-state index contributed by atoms with van der Waals surface area (Å²) >= 11 is 2.01. The molecule has 0 aromatic heterocycles. The summed E-state index contributed by atoms with van der Waals surface area (Å²) in [5.41, 5.74) is 0. The van der Waals surface area contributed by atoms with Gasteiger partial charge in [-0.2, -0.15) is 11.8 Å². The van der Waals surface area contributed by atoms with Crippen LogP contribution in [0.3, 0.4) is 0 Å². The molecule has 0 aliphatic carbocycles. The van der Waals surface area contributed by atoms with Gasteiger partial charge in [-0.3, -0.25) is 4.79 Å². The number of rotatable bonds is 6. The number of aliphatic imine (C=N–C) groups is 1. The van der Waals surface area contributed by atoms with Gasteiger partial charge in [-0.1, -0.05) is 0 Å². The third-order valence-corrected chi connectivity index (χ3v) is 5.56. The van der Waals surface area contributed by atoms with Crippen molar-refractivity contribution in [3.63, 3.8) is 0 Å². The van der Waals surface area contributed by atoms with Gasteiger partial charge in [0.15, 0.2) is 5.96 Å². The molecule has 2 fully saturated rings. The fraction of sp³-hybridized carbons (Fsp3) is 0.875. The van der Waals surface area contributed by atoms with Gasteiger partial charge in [-0.15, -0.1) is 24.0 Å². The van der Waals surface area contributed by atoms with Gasteiger partial charge in [-0.05, 0) is 37.9 Å². The smallest absolute Gasteiger partial charge is 0.243 e. The van der Waals surface area contributed by atoms with Gasteiger partial charge in [0.2, 0.25) is 5.91 Å². The minimum Gasteiger partial charge on any atom is -0.376 e. The molecule has 0 aromatic rings. The zero-order valence-corrected chi connectivity index (χ0v) is 17.9. The first-order chi connectivity index (χ1) is 11.1. The van der Waals surface area contributed by atoms with Crippen LogP contribution in [0, 0.1) is 0 Å². The Bertz CT molecular complexity index is 398. The maximum absolute atomic E-state index is 11.7. The summed E-state index contributed by atoms with van der Waals surface area (Å²) in [6, 6.07) is 0. The number of hydrogen-bond donors (Lipinski definition) is 2. The standard InChI is InChI=1S/C16H30N4O2S.HI/c1-20(2)15(21)12-19-16(18-11-14-7-5-9-23-14)17-10-13-6-3-4-8-22-13;/h13-14H,3-12H2,1-2H3,(H2,17,18,19);1H. The largest absolute Gasteiger partial charge is 0.376 e. The fourth-order valence-corrected chi connectivity index (χ4v) is 3.86. The lowest BCUT2D eigenvalue weighted by molar-refractivity contribution is -0.127.